The number of furan rings is 1. The lowest BCUT2D eigenvalue weighted by atomic mass is 10.1. The Bertz CT molecular complexity index is 1530. The SMILES string of the molecule is CCc1ccc(-n2nc3cc(C)c(NC(=O)/C=C/c4ccc(-c5ccc(F)cc5)o4)cc3n2)cc1. The summed E-state index contributed by atoms with van der Waals surface area (Å²) >= 11 is 0. The number of rotatable bonds is 6. The highest BCUT2D eigenvalue weighted by atomic mass is 19.1. The molecule has 0 saturated carbocycles. The highest BCUT2D eigenvalue weighted by molar-refractivity contribution is 6.03. The van der Waals surface area contributed by atoms with E-state index in [9.17, 15) is 9.18 Å². The molecule has 0 unspecified atom stereocenters. The Morgan fingerprint density at radius 3 is 2.43 bits per heavy atom. The van der Waals surface area contributed by atoms with E-state index in [1.807, 2.05) is 31.2 Å². The van der Waals surface area contributed by atoms with Gasteiger partial charge in [-0.25, -0.2) is 4.39 Å². The lowest BCUT2D eigenvalue weighted by Crippen LogP contribution is -2.08. The molecule has 0 radical (unpaired) electrons. The molecule has 0 spiro atoms. The van der Waals surface area contributed by atoms with E-state index in [0.29, 0.717) is 22.7 Å². The molecule has 6 nitrogen and oxygen atoms in total. The summed E-state index contributed by atoms with van der Waals surface area (Å²) in [6.45, 7) is 4.03. The first-order chi connectivity index (χ1) is 17.0. The molecular formula is C28H23FN4O2. The van der Waals surface area contributed by atoms with Crippen molar-refractivity contribution in [3.05, 3.63) is 102 Å². The molecule has 35 heavy (non-hydrogen) atoms. The summed E-state index contributed by atoms with van der Waals surface area (Å²) in [5.41, 5.74) is 5.86. The predicted octanol–water partition coefficient (Wildman–Crippen LogP) is 6.34. The number of nitrogens with zero attached hydrogens (tertiary/aromatic N) is 3. The largest absolute Gasteiger partial charge is 0.457 e. The fourth-order valence-electron chi connectivity index (χ4n) is 3.73. The summed E-state index contributed by atoms with van der Waals surface area (Å²) in [6.07, 6.45) is 3.97. The number of anilines is 1. The van der Waals surface area contributed by atoms with Crippen LogP contribution in [0.15, 0.2) is 83.3 Å². The summed E-state index contributed by atoms with van der Waals surface area (Å²) in [6, 6.07) is 21.4. The molecule has 174 valence electrons. The van der Waals surface area contributed by atoms with Gasteiger partial charge in [0, 0.05) is 17.3 Å². The fourth-order valence-corrected chi connectivity index (χ4v) is 3.73. The van der Waals surface area contributed by atoms with Crippen molar-refractivity contribution >= 4 is 28.7 Å². The standard InChI is InChI=1S/C28H23FN4O2/c1-3-19-4-10-22(11-5-19)33-31-25-16-18(2)24(17-26(25)32-33)30-28(34)15-13-23-12-14-27(35-23)20-6-8-21(29)9-7-20/h4-17H,3H2,1-2H3,(H,30,34)/b15-13+. The molecule has 0 atom stereocenters. The second kappa shape index (κ2) is 9.38. The number of aromatic nitrogens is 3. The van der Waals surface area contributed by atoms with Gasteiger partial charge in [-0.15, -0.1) is 10.2 Å². The molecule has 0 bridgehead atoms. The van der Waals surface area contributed by atoms with E-state index >= 15 is 0 Å². The van der Waals surface area contributed by atoms with Crippen molar-refractivity contribution in [3.63, 3.8) is 0 Å². The number of carbonyl (C=O) groups is 1. The highest BCUT2D eigenvalue weighted by Crippen LogP contribution is 2.24. The zero-order valence-corrected chi connectivity index (χ0v) is 19.3. The van der Waals surface area contributed by atoms with Crippen LogP contribution in [0.2, 0.25) is 0 Å². The van der Waals surface area contributed by atoms with Crippen LogP contribution in [0.1, 0.15) is 23.8 Å². The molecule has 5 rings (SSSR count). The minimum atomic E-state index is -0.307. The van der Waals surface area contributed by atoms with Gasteiger partial charge in [0.1, 0.15) is 28.4 Å². The van der Waals surface area contributed by atoms with Crippen LogP contribution >= 0.6 is 0 Å². The molecule has 0 aliphatic carbocycles. The third kappa shape index (κ3) is 4.89. The molecule has 0 saturated heterocycles. The van der Waals surface area contributed by atoms with Crippen LogP contribution in [0.4, 0.5) is 10.1 Å². The smallest absolute Gasteiger partial charge is 0.248 e. The molecule has 2 aromatic heterocycles. The number of benzene rings is 3. The van der Waals surface area contributed by atoms with E-state index < -0.39 is 0 Å². The first-order valence-corrected chi connectivity index (χ1v) is 11.3. The Kier molecular flexibility index (Phi) is 5.97. The number of fused-ring (bicyclic) bond motifs is 1. The summed E-state index contributed by atoms with van der Waals surface area (Å²) in [5.74, 6) is 0.510. The highest BCUT2D eigenvalue weighted by Gasteiger charge is 2.10. The molecule has 0 aliphatic rings. The average Bonchev–Trinajstić information content (AvgIpc) is 3.50. The van der Waals surface area contributed by atoms with Gasteiger partial charge in [0.05, 0.1) is 5.69 Å². The van der Waals surface area contributed by atoms with E-state index in [2.05, 4.69) is 34.6 Å². The fraction of sp³-hybridized carbons (Fsp3) is 0.107. The van der Waals surface area contributed by atoms with Gasteiger partial charge < -0.3 is 9.73 Å². The molecule has 3 aromatic carbocycles. The number of amides is 1. The van der Waals surface area contributed by atoms with Crippen LogP contribution in [0, 0.1) is 12.7 Å². The molecular weight excluding hydrogens is 443 g/mol. The number of carbonyl (C=O) groups excluding carboxylic acids is 1. The molecule has 5 aromatic rings. The van der Waals surface area contributed by atoms with Crippen molar-refractivity contribution < 1.29 is 13.6 Å². The van der Waals surface area contributed by atoms with Crippen LogP contribution in [-0.4, -0.2) is 20.9 Å². The molecule has 7 heteroatoms. The van der Waals surface area contributed by atoms with Gasteiger partial charge in [0.2, 0.25) is 5.91 Å². The van der Waals surface area contributed by atoms with Gasteiger partial charge >= 0.3 is 0 Å². The lowest BCUT2D eigenvalue weighted by Gasteiger charge is -2.05. The number of halogens is 1. The molecule has 1 amide bonds. The normalized spacial score (nSPS) is 11.4. The lowest BCUT2D eigenvalue weighted by molar-refractivity contribution is -0.111. The van der Waals surface area contributed by atoms with Gasteiger partial charge in [-0.1, -0.05) is 19.1 Å². The quantitative estimate of drug-likeness (QED) is 0.296. The molecule has 0 aliphatic heterocycles. The Morgan fingerprint density at radius 2 is 1.71 bits per heavy atom. The predicted molar refractivity (Wildman–Crippen MR) is 135 cm³/mol. The maximum absolute atomic E-state index is 13.1. The van der Waals surface area contributed by atoms with E-state index in [1.165, 1.54) is 23.8 Å². The van der Waals surface area contributed by atoms with Crippen molar-refractivity contribution in [2.45, 2.75) is 20.3 Å². The third-order valence-corrected chi connectivity index (χ3v) is 5.71. The number of hydrogen-bond acceptors (Lipinski definition) is 4. The van der Waals surface area contributed by atoms with Gasteiger partial charge in [0.15, 0.2) is 0 Å². The summed E-state index contributed by atoms with van der Waals surface area (Å²) in [4.78, 5) is 14.2. The zero-order valence-electron chi connectivity index (χ0n) is 19.3. The second-order valence-electron chi connectivity index (χ2n) is 8.20. The number of nitrogens with one attached hydrogen (secondary N) is 1. The monoisotopic (exact) mass is 466 g/mol. The first-order valence-electron chi connectivity index (χ1n) is 11.3. The summed E-state index contributed by atoms with van der Waals surface area (Å²) in [5, 5.41) is 12.0. The Labute approximate surface area is 201 Å². The molecule has 1 N–H and O–H groups in total. The number of aryl methyl sites for hydroxylation is 2. The zero-order chi connectivity index (χ0) is 24.4. The Hall–Kier alpha value is -4.52. The van der Waals surface area contributed by atoms with Gasteiger partial charge in [0.25, 0.3) is 0 Å². The van der Waals surface area contributed by atoms with Crippen molar-refractivity contribution in [1.29, 1.82) is 0 Å². The maximum atomic E-state index is 13.1. The summed E-state index contributed by atoms with van der Waals surface area (Å²) < 4.78 is 18.9. The Morgan fingerprint density at radius 1 is 1.00 bits per heavy atom. The van der Waals surface area contributed by atoms with E-state index in [-0.39, 0.29) is 11.7 Å². The molecule has 2 heterocycles. The van der Waals surface area contributed by atoms with Crippen molar-refractivity contribution in [2.75, 3.05) is 5.32 Å². The maximum Gasteiger partial charge on any atom is 0.248 e. The minimum absolute atomic E-state index is 0.297. The first kappa shape index (κ1) is 22.3. The minimum Gasteiger partial charge on any atom is -0.457 e. The van der Waals surface area contributed by atoms with Gasteiger partial charge in [-0.2, -0.15) is 4.80 Å². The van der Waals surface area contributed by atoms with Crippen molar-refractivity contribution in [1.82, 2.24) is 15.0 Å². The Balaban J connectivity index is 1.30. The van der Waals surface area contributed by atoms with Crippen LogP contribution in [0.5, 0.6) is 0 Å². The second-order valence-corrected chi connectivity index (χ2v) is 8.20. The third-order valence-electron chi connectivity index (χ3n) is 5.71. The molecule has 0 fully saturated rings. The van der Waals surface area contributed by atoms with Crippen LogP contribution in [-0.2, 0) is 11.2 Å². The van der Waals surface area contributed by atoms with E-state index in [1.54, 1.807) is 35.1 Å². The van der Waals surface area contributed by atoms with E-state index in [4.69, 9.17) is 4.42 Å². The van der Waals surface area contributed by atoms with Crippen molar-refractivity contribution in [3.8, 4) is 17.0 Å². The van der Waals surface area contributed by atoms with Gasteiger partial charge in [-0.05, 0) is 91.2 Å². The van der Waals surface area contributed by atoms with Crippen molar-refractivity contribution in [2.24, 2.45) is 0 Å². The summed E-state index contributed by atoms with van der Waals surface area (Å²) in [7, 11) is 0. The number of hydrogen-bond donors (Lipinski definition) is 1. The van der Waals surface area contributed by atoms with Crippen LogP contribution in [0.25, 0.3) is 34.1 Å². The van der Waals surface area contributed by atoms with E-state index in [0.717, 1.165) is 28.8 Å². The van der Waals surface area contributed by atoms with Gasteiger partial charge in [-0.3, -0.25) is 4.79 Å². The van der Waals surface area contributed by atoms with Crippen LogP contribution < -0.4 is 5.32 Å². The van der Waals surface area contributed by atoms with Crippen LogP contribution in [0.3, 0.4) is 0 Å². The topological polar surface area (TPSA) is 73.0 Å². The average molecular weight is 467 g/mol.